The molecule has 0 radical (unpaired) electrons. The van der Waals surface area contributed by atoms with Gasteiger partial charge in [-0.05, 0) is 30.7 Å². The first kappa shape index (κ1) is 16.9. The summed E-state index contributed by atoms with van der Waals surface area (Å²) in [5, 5.41) is 0. The minimum absolute atomic E-state index is 0.0584. The van der Waals surface area contributed by atoms with Crippen molar-refractivity contribution in [3.63, 3.8) is 0 Å². The van der Waals surface area contributed by atoms with Gasteiger partial charge in [0.15, 0.2) is 0 Å². The van der Waals surface area contributed by atoms with Crippen molar-refractivity contribution in [3.8, 4) is 11.5 Å². The smallest absolute Gasteiger partial charge is 0.227 e. The fourth-order valence-corrected chi connectivity index (χ4v) is 2.48. The molecule has 2 aromatic carbocycles. The summed E-state index contributed by atoms with van der Waals surface area (Å²) < 4.78 is 10.5. The van der Waals surface area contributed by atoms with Crippen LogP contribution < -0.4 is 9.47 Å². The van der Waals surface area contributed by atoms with Crippen molar-refractivity contribution in [1.29, 1.82) is 0 Å². The lowest BCUT2D eigenvalue weighted by atomic mass is 10.0. The standard InChI is InChI=1S/C19H23NO3/c1-14(17-7-5-6-8-18(17)23-4)20(2)19(21)13-15-9-11-16(22-3)12-10-15/h5-12,14H,13H2,1-4H3. The normalized spacial score (nSPS) is 11.7. The van der Waals surface area contributed by atoms with Gasteiger partial charge in [0, 0.05) is 12.6 Å². The molecule has 2 aromatic rings. The molecule has 0 aliphatic carbocycles. The average Bonchev–Trinajstić information content (AvgIpc) is 2.61. The lowest BCUT2D eigenvalue weighted by Gasteiger charge is -2.26. The topological polar surface area (TPSA) is 38.8 Å². The quantitative estimate of drug-likeness (QED) is 0.820. The van der Waals surface area contributed by atoms with Crippen LogP contribution in [0.2, 0.25) is 0 Å². The Balaban J connectivity index is 2.08. The van der Waals surface area contributed by atoms with E-state index in [-0.39, 0.29) is 11.9 Å². The number of benzene rings is 2. The van der Waals surface area contributed by atoms with E-state index in [9.17, 15) is 4.79 Å². The summed E-state index contributed by atoms with van der Waals surface area (Å²) in [4.78, 5) is 14.3. The van der Waals surface area contributed by atoms with E-state index in [4.69, 9.17) is 9.47 Å². The van der Waals surface area contributed by atoms with Crippen molar-refractivity contribution in [2.75, 3.05) is 21.3 Å². The van der Waals surface area contributed by atoms with Crippen molar-refractivity contribution < 1.29 is 14.3 Å². The maximum Gasteiger partial charge on any atom is 0.227 e. The fourth-order valence-electron chi connectivity index (χ4n) is 2.48. The van der Waals surface area contributed by atoms with Crippen molar-refractivity contribution in [3.05, 3.63) is 59.7 Å². The molecule has 4 nitrogen and oxygen atoms in total. The number of nitrogens with zero attached hydrogens (tertiary/aromatic N) is 1. The Hall–Kier alpha value is -2.49. The van der Waals surface area contributed by atoms with Gasteiger partial charge >= 0.3 is 0 Å². The van der Waals surface area contributed by atoms with Crippen LogP contribution in [0.25, 0.3) is 0 Å². The number of carbonyl (C=O) groups excluding carboxylic acids is 1. The predicted octanol–water partition coefficient (Wildman–Crippen LogP) is 3.47. The van der Waals surface area contributed by atoms with Crippen LogP contribution >= 0.6 is 0 Å². The Morgan fingerprint density at radius 2 is 1.70 bits per heavy atom. The highest BCUT2D eigenvalue weighted by atomic mass is 16.5. The lowest BCUT2D eigenvalue weighted by Crippen LogP contribution is -2.31. The number of para-hydroxylation sites is 1. The number of ether oxygens (including phenoxy) is 2. The van der Waals surface area contributed by atoms with Crippen molar-refractivity contribution >= 4 is 5.91 Å². The number of methoxy groups -OCH3 is 2. The molecule has 0 fully saturated rings. The van der Waals surface area contributed by atoms with Gasteiger partial charge in [0.25, 0.3) is 0 Å². The summed E-state index contributed by atoms with van der Waals surface area (Å²) in [5.41, 5.74) is 1.97. The maximum atomic E-state index is 12.5. The zero-order valence-electron chi connectivity index (χ0n) is 14.1. The minimum Gasteiger partial charge on any atom is -0.497 e. The molecule has 4 heteroatoms. The van der Waals surface area contributed by atoms with E-state index in [0.717, 1.165) is 22.6 Å². The molecule has 0 saturated carbocycles. The molecule has 0 N–H and O–H groups in total. The van der Waals surface area contributed by atoms with E-state index < -0.39 is 0 Å². The molecule has 0 aromatic heterocycles. The van der Waals surface area contributed by atoms with E-state index in [2.05, 4.69) is 0 Å². The summed E-state index contributed by atoms with van der Waals surface area (Å²) in [7, 11) is 5.09. The Labute approximate surface area is 137 Å². The van der Waals surface area contributed by atoms with Crippen molar-refractivity contribution in [2.45, 2.75) is 19.4 Å². The summed E-state index contributed by atoms with van der Waals surface area (Å²) >= 11 is 0. The molecule has 0 aliphatic heterocycles. The van der Waals surface area contributed by atoms with Crippen LogP contribution in [0.4, 0.5) is 0 Å². The van der Waals surface area contributed by atoms with Gasteiger partial charge in [0.1, 0.15) is 11.5 Å². The first-order chi connectivity index (χ1) is 11.1. The first-order valence-electron chi connectivity index (χ1n) is 7.58. The summed E-state index contributed by atoms with van der Waals surface area (Å²) in [6, 6.07) is 15.3. The number of likely N-dealkylation sites (N-methyl/N-ethyl adjacent to an activating group) is 1. The molecule has 0 spiro atoms. The lowest BCUT2D eigenvalue weighted by molar-refractivity contribution is -0.131. The molecule has 0 saturated heterocycles. The average molecular weight is 313 g/mol. The molecule has 0 heterocycles. The van der Waals surface area contributed by atoms with Gasteiger partial charge < -0.3 is 14.4 Å². The van der Waals surface area contributed by atoms with Gasteiger partial charge in [0.2, 0.25) is 5.91 Å². The van der Waals surface area contributed by atoms with E-state index in [1.54, 1.807) is 19.1 Å². The van der Waals surface area contributed by atoms with Crippen LogP contribution in [-0.4, -0.2) is 32.1 Å². The van der Waals surface area contributed by atoms with Gasteiger partial charge in [-0.25, -0.2) is 0 Å². The van der Waals surface area contributed by atoms with Crippen molar-refractivity contribution in [1.82, 2.24) is 4.90 Å². The number of hydrogen-bond donors (Lipinski definition) is 0. The van der Waals surface area contributed by atoms with E-state index in [0.29, 0.717) is 6.42 Å². The van der Waals surface area contributed by atoms with Gasteiger partial charge in [0.05, 0.1) is 26.7 Å². The molecule has 0 aliphatic rings. The maximum absolute atomic E-state index is 12.5. The highest BCUT2D eigenvalue weighted by molar-refractivity contribution is 5.79. The summed E-state index contributed by atoms with van der Waals surface area (Å²) in [5.74, 6) is 1.65. The highest BCUT2D eigenvalue weighted by Crippen LogP contribution is 2.28. The third kappa shape index (κ3) is 4.03. The van der Waals surface area contributed by atoms with Crippen LogP contribution in [0.5, 0.6) is 11.5 Å². The second-order valence-electron chi connectivity index (χ2n) is 5.45. The van der Waals surface area contributed by atoms with E-state index in [1.165, 1.54) is 0 Å². The summed E-state index contributed by atoms with van der Waals surface area (Å²) in [6.45, 7) is 2.00. The monoisotopic (exact) mass is 313 g/mol. The zero-order chi connectivity index (χ0) is 16.8. The Morgan fingerprint density at radius 3 is 2.30 bits per heavy atom. The Kier molecular flexibility index (Phi) is 5.63. The van der Waals surface area contributed by atoms with Gasteiger partial charge in [-0.15, -0.1) is 0 Å². The third-order valence-electron chi connectivity index (χ3n) is 4.08. The van der Waals surface area contributed by atoms with Gasteiger partial charge in [-0.2, -0.15) is 0 Å². The fraction of sp³-hybridized carbons (Fsp3) is 0.316. The molecule has 2 rings (SSSR count). The van der Waals surface area contributed by atoms with Crippen LogP contribution in [-0.2, 0) is 11.2 Å². The van der Waals surface area contributed by atoms with Gasteiger partial charge in [-0.3, -0.25) is 4.79 Å². The van der Waals surface area contributed by atoms with E-state index >= 15 is 0 Å². The van der Waals surface area contributed by atoms with Gasteiger partial charge in [-0.1, -0.05) is 30.3 Å². The van der Waals surface area contributed by atoms with E-state index in [1.807, 2.05) is 62.5 Å². The predicted molar refractivity (Wildman–Crippen MR) is 90.9 cm³/mol. The number of rotatable bonds is 6. The SMILES string of the molecule is COc1ccc(CC(=O)N(C)C(C)c2ccccc2OC)cc1. The number of hydrogen-bond acceptors (Lipinski definition) is 3. The number of amides is 1. The molecule has 0 bridgehead atoms. The molecule has 1 amide bonds. The molecular weight excluding hydrogens is 290 g/mol. The summed E-state index contributed by atoms with van der Waals surface area (Å²) in [6.07, 6.45) is 0.361. The molecule has 122 valence electrons. The van der Waals surface area contributed by atoms with Crippen LogP contribution in [0.15, 0.2) is 48.5 Å². The molecule has 23 heavy (non-hydrogen) atoms. The first-order valence-corrected chi connectivity index (χ1v) is 7.58. The Bertz CT molecular complexity index is 652. The Morgan fingerprint density at radius 1 is 1.04 bits per heavy atom. The largest absolute Gasteiger partial charge is 0.497 e. The zero-order valence-corrected chi connectivity index (χ0v) is 14.1. The highest BCUT2D eigenvalue weighted by Gasteiger charge is 2.20. The molecule has 1 unspecified atom stereocenters. The van der Waals surface area contributed by atoms with Crippen LogP contribution in [0, 0.1) is 0 Å². The van der Waals surface area contributed by atoms with Crippen LogP contribution in [0.1, 0.15) is 24.1 Å². The minimum atomic E-state index is -0.0584. The second-order valence-corrected chi connectivity index (χ2v) is 5.45. The van der Waals surface area contributed by atoms with Crippen molar-refractivity contribution in [2.24, 2.45) is 0 Å². The third-order valence-corrected chi connectivity index (χ3v) is 4.08. The number of carbonyl (C=O) groups is 1. The van der Waals surface area contributed by atoms with Crippen LogP contribution in [0.3, 0.4) is 0 Å². The molecular formula is C19H23NO3. The second kappa shape index (κ2) is 7.68. The molecule has 1 atom stereocenters.